The second-order valence-corrected chi connectivity index (χ2v) is 7.03. The van der Waals surface area contributed by atoms with Gasteiger partial charge < -0.3 is 9.84 Å². The summed E-state index contributed by atoms with van der Waals surface area (Å²) in [6, 6.07) is 39.0. The van der Waals surface area contributed by atoms with Gasteiger partial charge in [-0.15, -0.1) is 0 Å². The Kier molecular flexibility index (Phi) is 8.15. The predicted molar refractivity (Wildman–Crippen MR) is 124 cm³/mol. The molecule has 0 heterocycles. The Morgan fingerprint density at radius 1 is 0.581 bits per heavy atom. The fourth-order valence-corrected chi connectivity index (χ4v) is 3.49. The summed E-state index contributed by atoms with van der Waals surface area (Å²) in [5, 5.41) is 9.28. The van der Waals surface area contributed by atoms with Gasteiger partial charge in [-0.25, -0.2) is 0 Å². The third-order valence-corrected chi connectivity index (χ3v) is 4.95. The van der Waals surface area contributed by atoms with Gasteiger partial charge in [-0.1, -0.05) is 121 Å². The SMILES string of the molecule is COC(c1ccccc1)c1ccccc1.O=C(O)C(c1ccccc1)c1ccccc1. The van der Waals surface area contributed by atoms with E-state index >= 15 is 0 Å². The molecule has 0 saturated carbocycles. The molecular weight excluding hydrogens is 384 g/mol. The smallest absolute Gasteiger partial charge is 0.315 e. The third kappa shape index (κ3) is 6.14. The Morgan fingerprint density at radius 2 is 0.871 bits per heavy atom. The van der Waals surface area contributed by atoms with Crippen molar-refractivity contribution in [3.05, 3.63) is 144 Å². The zero-order chi connectivity index (χ0) is 21.9. The van der Waals surface area contributed by atoms with Crippen LogP contribution in [0.5, 0.6) is 0 Å². The Bertz CT molecular complexity index is 954. The monoisotopic (exact) mass is 410 g/mol. The Morgan fingerprint density at radius 3 is 1.13 bits per heavy atom. The van der Waals surface area contributed by atoms with E-state index in [0.717, 1.165) is 11.1 Å². The molecule has 4 aromatic rings. The maximum Gasteiger partial charge on any atom is 0.315 e. The van der Waals surface area contributed by atoms with Crippen LogP contribution in [-0.2, 0) is 9.53 Å². The van der Waals surface area contributed by atoms with Crippen LogP contribution in [0.2, 0.25) is 0 Å². The van der Waals surface area contributed by atoms with Crippen LogP contribution < -0.4 is 0 Å². The van der Waals surface area contributed by atoms with Gasteiger partial charge in [0.15, 0.2) is 0 Å². The van der Waals surface area contributed by atoms with Crippen molar-refractivity contribution in [3.63, 3.8) is 0 Å². The predicted octanol–water partition coefficient (Wildman–Crippen LogP) is 6.33. The lowest BCUT2D eigenvalue weighted by Crippen LogP contribution is -2.12. The van der Waals surface area contributed by atoms with Crippen LogP contribution in [0.1, 0.15) is 34.3 Å². The van der Waals surface area contributed by atoms with Gasteiger partial charge in [0, 0.05) is 7.11 Å². The Labute approximate surface area is 183 Å². The van der Waals surface area contributed by atoms with Crippen LogP contribution in [-0.4, -0.2) is 18.2 Å². The van der Waals surface area contributed by atoms with E-state index in [1.165, 1.54) is 11.1 Å². The topological polar surface area (TPSA) is 46.5 Å². The molecule has 0 saturated heterocycles. The van der Waals surface area contributed by atoms with E-state index in [0.29, 0.717) is 0 Å². The quantitative estimate of drug-likeness (QED) is 0.404. The number of ether oxygens (including phenoxy) is 1. The van der Waals surface area contributed by atoms with Gasteiger partial charge >= 0.3 is 5.97 Å². The second kappa shape index (κ2) is 11.5. The maximum absolute atomic E-state index is 11.3. The largest absolute Gasteiger partial charge is 0.481 e. The molecule has 1 N–H and O–H groups in total. The summed E-state index contributed by atoms with van der Waals surface area (Å²) in [5.74, 6) is -1.40. The fourth-order valence-electron chi connectivity index (χ4n) is 3.49. The van der Waals surface area contributed by atoms with Gasteiger partial charge in [-0.05, 0) is 22.3 Å². The minimum atomic E-state index is -0.822. The normalized spacial score (nSPS) is 10.4. The molecule has 4 aromatic carbocycles. The van der Waals surface area contributed by atoms with Crippen LogP contribution >= 0.6 is 0 Å². The number of carbonyl (C=O) groups is 1. The average Bonchev–Trinajstić information content (AvgIpc) is 2.83. The molecule has 0 atom stereocenters. The van der Waals surface area contributed by atoms with Gasteiger partial charge in [0.25, 0.3) is 0 Å². The number of aliphatic carboxylic acids is 1. The molecule has 0 aromatic heterocycles. The third-order valence-electron chi connectivity index (χ3n) is 4.95. The number of carboxylic acids is 1. The van der Waals surface area contributed by atoms with Crippen LogP contribution in [0.3, 0.4) is 0 Å². The van der Waals surface area contributed by atoms with E-state index in [9.17, 15) is 9.90 Å². The standard InChI is InChI=1S/C14H12O2.C14H14O/c15-14(16)13(11-7-3-1-4-8-11)12-9-5-2-6-10-12;1-15-14(12-8-4-2-5-9-12)13-10-6-3-7-11-13/h1-10,13H,(H,15,16);2-11,14H,1H3. The molecule has 3 heteroatoms. The lowest BCUT2D eigenvalue weighted by Gasteiger charge is -2.15. The summed E-state index contributed by atoms with van der Waals surface area (Å²) in [5.41, 5.74) is 3.99. The van der Waals surface area contributed by atoms with Gasteiger partial charge in [0.2, 0.25) is 0 Å². The summed E-state index contributed by atoms with van der Waals surface area (Å²) >= 11 is 0. The van der Waals surface area contributed by atoms with E-state index in [2.05, 4.69) is 24.3 Å². The summed E-state index contributed by atoms with van der Waals surface area (Å²) in [6.45, 7) is 0. The highest BCUT2D eigenvalue weighted by molar-refractivity contribution is 5.80. The minimum absolute atomic E-state index is 0.0346. The molecule has 0 unspecified atom stereocenters. The van der Waals surface area contributed by atoms with E-state index in [1.54, 1.807) is 7.11 Å². The van der Waals surface area contributed by atoms with E-state index in [1.807, 2.05) is 97.1 Å². The first-order valence-corrected chi connectivity index (χ1v) is 10.2. The first-order chi connectivity index (χ1) is 15.2. The number of hydrogen-bond donors (Lipinski definition) is 1. The highest BCUT2D eigenvalue weighted by Gasteiger charge is 2.21. The molecule has 0 spiro atoms. The minimum Gasteiger partial charge on any atom is -0.481 e. The molecule has 4 rings (SSSR count). The van der Waals surface area contributed by atoms with Crippen molar-refractivity contribution in [1.82, 2.24) is 0 Å². The first kappa shape index (κ1) is 22.0. The summed E-state index contributed by atoms with van der Waals surface area (Å²) in [4.78, 5) is 11.3. The highest BCUT2D eigenvalue weighted by Crippen LogP contribution is 2.25. The lowest BCUT2D eigenvalue weighted by atomic mass is 9.92. The van der Waals surface area contributed by atoms with Gasteiger partial charge in [0.1, 0.15) is 12.0 Å². The second-order valence-electron chi connectivity index (χ2n) is 7.03. The molecule has 0 radical (unpaired) electrons. The van der Waals surface area contributed by atoms with Gasteiger partial charge in [-0.3, -0.25) is 4.79 Å². The van der Waals surface area contributed by atoms with Crippen molar-refractivity contribution in [2.75, 3.05) is 7.11 Å². The number of benzene rings is 4. The van der Waals surface area contributed by atoms with Crippen LogP contribution in [0.25, 0.3) is 0 Å². The number of methoxy groups -OCH3 is 1. The van der Waals surface area contributed by atoms with Crippen molar-refractivity contribution >= 4 is 5.97 Å². The molecular formula is C28H26O3. The highest BCUT2D eigenvalue weighted by atomic mass is 16.5. The molecule has 3 nitrogen and oxygen atoms in total. The summed E-state index contributed by atoms with van der Waals surface area (Å²) in [6.07, 6.45) is 0.0346. The van der Waals surface area contributed by atoms with Crippen LogP contribution in [0.4, 0.5) is 0 Å². The van der Waals surface area contributed by atoms with Gasteiger partial charge in [-0.2, -0.15) is 0 Å². The molecule has 0 aliphatic rings. The molecule has 0 bridgehead atoms. The van der Waals surface area contributed by atoms with E-state index in [4.69, 9.17) is 4.74 Å². The van der Waals surface area contributed by atoms with E-state index in [-0.39, 0.29) is 6.10 Å². The molecule has 0 aliphatic heterocycles. The summed E-state index contributed by atoms with van der Waals surface area (Å²) < 4.78 is 5.52. The van der Waals surface area contributed by atoms with Gasteiger partial charge in [0.05, 0.1) is 0 Å². The van der Waals surface area contributed by atoms with Crippen molar-refractivity contribution in [3.8, 4) is 0 Å². The van der Waals surface area contributed by atoms with Crippen molar-refractivity contribution in [2.24, 2.45) is 0 Å². The van der Waals surface area contributed by atoms with Crippen LogP contribution in [0, 0.1) is 0 Å². The van der Waals surface area contributed by atoms with Crippen molar-refractivity contribution < 1.29 is 14.6 Å². The summed E-state index contributed by atoms with van der Waals surface area (Å²) in [7, 11) is 1.74. The number of carboxylic acid groups (broad SMARTS) is 1. The maximum atomic E-state index is 11.3. The molecule has 156 valence electrons. The van der Waals surface area contributed by atoms with Crippen molar-refractivity contribution in [1.29, 1.82) is 0 Å². The van der Waals surface area contributed by atoms with Crippen molar-refractivity contribution in [2.45, 2.75) is 12.0 Å². The zero-order valence-electron chi connectivity index (χ0n) is 17.5. The average molecular weight is 411 g/mol. The van der Waals surface area contributed by atoms with E-state index < -0.39 is 11.9 Å². The Balaban J connectivity index is 0.000000176. The van der Waals surface area contributed by atoms with Crippen LogP contribution in [0.15, 0.2) is 121 Å². The molecule has 0 aliphatic carbocycles. The fraction of sp³-hybridized carbons (Fsp3) is 0.107. The zero-order valence-corrected chi connectivity index (χ0v) is 17.5. The molecule has 0 fully saturated rings. The number of hydrogen-bond acceptors (Lipinski definition) is 2. The first-order valence-electron chi connectivity index (χ1n) is 10.2. The lowest BCUT2D eigenvalue weighted by molar-refractivity contribution is -0.137. The number of rotatable bonds is 6. The Hall–Kier alpha value is -3.69. The molecule has 31 heavy (non-hydrogen) atoms. The molecule has 0 amide bonds.